The molecule has 82 heavy (non-hydrogen) atoms. The van der Waals surface area contributed by atoms with E-state index in [-0.39, 0.29) is 32.0 Å². The number of quaternary nitrogens is 1. The first-order valence-electron chi connectivity index (χ1n) is 31.9. The number of hydrogen-bond donors (Lipinski definition) is 1. The molecule has 0 amide bonds. The van der Waals surface area contributed by atoms with Crippen LogP contribution in [0.5, 0.6) is 0 Å². The molecule has 0 saturated carbocycles. The molecule has 0 aromatic heterocycles. The average Bonchev–Trinajstić information content (AvgIpc) is 3.45. The maximum Gasteiger partial charge on any atom is 0.472 e. The number of likely N-dealkylation sites (N-methyl/N-ethyl adjacent to an activating group) is 1. The second-order valence-corrected chi connectivity index (χ2v) is 23.1. The normalized spacial score (nSPS) is 14.4. The van der Waals surface area contributed by atoms with Gasteiger partial charge < -0.3 is 18.9 Å². The van der Waals surface area contributed by atoms with Crippen LogP contribution < -0.4 is 0 Å². The SMILES string of the molecule is CC/C=C\C/C=C\C/C=C\C/C=C\C/C=C\C/C=C\C/C=C\C/C=C\CCCCCCC(=O)OC(COC(=O)CCCCCCCCCCCC/C=C\C/C=C\C/C=C\C/C=C\C/C=C\C/C=C\CC)COP(=O)(O)OCC[N+](C)(C)C. The van der Waals surface area contributed by atoms with Crippen LogP contribution >= 0.6 is 7.82 Å². The van der Waals surface area contributed by atoms with Gasteiger partial charge in [-0.15, -0.1) is 0 Å². The van der Waals surface area contributed by atoms with Gasteiger partial charge in [0.1, 0.15) is 19.8 Å². The Hall–Kier alpha value is -4.63. The highest BCUT2D eigenvalue weighted by Gasteiger charge is 2.27. The molecular weight excluding hydrogens is 1040 g/mol. The Morgan fingerprint density at radius 1 is 0.378 bits per heavy atom. The molecule has 0 fully saturated rings. The van der Waals surface area contributed by atoms with E-state index in [0.717, 1.165) is 148 Å². The largest absolute Gasteiger partial charge is 0.472 e. The highest BCUT2D eigenvalue weighted by molar-refractivity contribution is 7.47. The Morgan fingerprint density at radius 2 is 0.659 bits per heavy atom. The zero-order valence-corrected chi connectivity index (χ0v) is 53.3. The molecule has 0 heterocycles. The van der Waals surface area contributed by atoms with Gasteiger partial charge in [0.2, 0.25) is 0 Å². The first-order chi connectivity index (χ1) is 40.0. The van der Waals surface area contributed by atoms with Crippen molar-refractivity contribution in [3.63, 3.8) is 0 Å². The number of unbranched alkanes of at least 4 members (excludes halogenated alkanes) is 14. The van der Waals surface area contributed by atoms with E-state index in [2.05, 4.69) is 184 Å². The summed E-state index contributed by atoms with van der Waals surface area (Å²) in [5.74, 6) is -0.845. The van der Waals surface area contributed by atoms with Gasteiger partial charge in [-0.3, -0.25) is 18.6 Å². The third-order valence-corrected chi connectivity index (χ3v) is 13.7. The highest BCUT2D eigenvalue weighted by Crippen LogP contribution is 2.43. The van der Waals surface area contributed by atoms with E-state index in [1.54, 1.807) is 0 Å². The van der Waals surface area contributed by atoms with E-state index >= 15 is 0 Å². The predicted octanol–water partition coefficient (Wildman–Crippen LogP) is 20.6. The van der Waals surface area contributed by atoms with Crippen molar-refractivity contribution in [1.82, 2.24) is 0 Å². The summed E-state index contributed by atoms with van der Waals surface area (Å²) in [7, 11) is 1.43. The standard InChI is InChI=1S/C72H116NO8P/c1-6-8-10-12-14-16-18-20-22-24-26-28-30-32-34-36-38-40-42-44-46-48-50-52-54-56-58-60-62-64-71(74)78-68-70(69-80-82(76,77)79-67-66-73(3,4)5)81-72(75)65-63-61-59-57-55-53-51-49-47-45-43-41-39-37-35-33-31-29-27-25-23-21-19-17-15-13-11-9-7-2/h8-11,14-17,20-23,26-29,32-35,38-41,45,47,51,53,70H,6-7,12-13,18-19,24-25,30-31,36-37,42-44,46,48-50,52,54-69H2,1-5H3/p+1/b10-8-,11-9-,16-14-,17-15-,22-20-,23-21-,28-26-,29-27-,34-32-,35-33-,40-38-,41-39-,47-45-,53-51-. The lowest BCUT2D eigenvalue weighted by molar-refractivity contribution is -0.870. The number of phosphoric ester groups is 1. The summed E-state index contributed by atoms with van der Waals surface area (Å²) in [6.07, 6.45) is 92.8. The lowest BCUT2D eigenvalue weighted by Crippen LogP contribution is -2.37. The van der Waals surface area contributed by atoms with Crippen molar-refractivity contribution in [1.29, 1.82) is 0 Å². The second kappa shape index (κ2) is 60.9. The molecule has 0 radical (unpaired) electrons. The third-order valence-electron chi connectivity index (χ3n) is 12.7. The summed E-state index contributed by atoms with van der Waals surface area (Å²) >= 11 is 0. The molecule has 0 aliphatic rings. The molecule has 9 nitrogen and oxygen atoms in total. The lowest BCUT2D eigenvalue weighted by Gasteiger charge is -2.24. The molecule has 0 saturated heterocycles. The number of nitrogens with zero attached hydrogens (tertiary/aromatic N) is 1. The van der Waals surface area contributed by atoms with E-state index in [1.807, 2.05) is 21.1 Å². The first kappa shape index (κ1) is 77.4. The topological polar surface area (TPSA) is 108 Å². The van der Waals surface area contributed by atoms with Crippen LogP contribution in [0.2, 0.25) is 0 Å². The molecule has 462 valence electrons. The van der Waals surface area contributed by atoms with E-state index in [9.17, 15) is 19.0 Å². The molecule has 0 aliphatic heterocycles. The quantitative estimate of drug-likeness (QED) is 0.0211. The Labute approximate surface area is 502 Å². The zero-order valence-electron chi connectivity index (χ0n) is 52.4. The van der Waals surface area contributed by atoms with Gasteiger partial charge >= 0.3 is 19.8 Å². The van der Waals surface area contributed by atoms with Crippen LogP contribution in [0.25, 0.3) is 0 Å². The summed E-state index contributed by atoms with van der Waals surface area (Å²) in [4.78, 5) is 35.8. The van der Waals surface area contributed by atoms with Crippen molar-refractivity contribution in [3.8, 4) is 0 Å². The molecule has 0 aromatic rings. The molecule has 0 aliphatic carbocycles. The van der Waals surface area contributed by atoms with Crippen LogP contribution in [0.1, 0.15) is 219 Å². The van der Waals surface area contributed by atoms with Crippen molar-refractivity contribution < 1.29 is 42.1 Å². The van der Waals surface area contributed by atoms with Crippen LogP contribution in [-0.2, 0) is 32.7 Å². The van der Waals surface area contributed by atoms with Gasteiger partial charge in [0.15, 0.2) is 6.10 Å². The van der Waals surface area contributed by atoms with Gasteiger partial charge in [-0.2, -0.15) is 0 Å². The fourth-order valence-corrected chi connectivity index (χ4v) is 8.66. The summed E-state index contributed by atoms with van der Waals surface area (Å²) in [5, 5.41) is 0. The van der Waals surface area contributed by atoms with Crippen molar-refractivity contribution in [2.75, 3.05) is 47.5 Å². The van der Waals surface area contributed by atoms with Gasteiger partial charge in [0.25, 0.3) is 0 Å². The minimum absolute atomic E-state index is 0.0155. The third kappa shape index (κ3) is 64.5. The monoisotopic (exact) mass is 1150 g/mol. The van der Waals surface area contributed by atoms with Crippen LogP contribution in [0.3, 0.4) is 0 Å². The molecular formula is C72H117NO8P+. The molecule has 10 heteroatoms. The number of rotatable bonds is 56. The van der Waals surface area contributed by atoms with Crippen molar-refractivity contribution >= 4 is 19.8 Å². The average molecular weight is 1160 g/mol. The minimum Gasteiger partial charge on any atom is -0.462 e. The Bertz CT molecular complexity index is 1990. The van der Waals surface area contributed by atoms with Crippen LogP contribution in [0, 0.1) is 0 Å². The number of esters is 2. The van der Waals surface area contributed by atoms with E-state index in [0.29, 0.717) is 17.4 Å². The van der Waals surface area contributed by atoms with Crippen LogP contribution in [-0.4, -0.2) is 74.9 Å². The van der Waals surface area contributed by atoms with Gasteiger partial charge in [-0.25, -0.2) is 4.57 Å². The minimum atomic E-state index is -4.41. The Morgan fingerprint density at radius 3 is 0.976 bits per heavy atom. The van der Waals surface area contributed by atoms with Gasteiger partial charge in [-0.1, -0.05) is 248 Å². The van der Waals surface area contributed by atoms with Crippen LogP contribution in [0.4, 0.5) is 0 Å². The molecule has 0 spiro atoms. The molecule has 0 aromatic carbocycles. The fraction of sp³-hybridized carbons (Fsp3) is 0.583. The fourth-order valence-electron chi connectivity index (χ4n) is 7.92. The molecule has 0 rings (SSSR count). The number of ether oxygens (including phenoxy) is 2. The summed E-state index contributed by atoms with van der Waals surface area (Å²) in [6, 6.07) is 0. The number of phosphoric acid groups is 1. The van der Waals surface area contributed by atoms with Crippen molar-refractivity contribution in [2.24, 2.45) is 0 Å². The highest BCUT2D eigenvalue weighted by atomic mass is 31.2. The lowest BCUT2D eigenvalue weighted by atomic mass is 10.1. The predicted molar refractivity (Wildman–Crippen MR) is 353 cm³/mol. The number of carbonyl (C=O) groups excluding carboxylic acids is 2. The molecule has 2 unspecified atom stereocenters. The molecule has 0 bridgehead atoms. The summed E-state index contributed by atoms with van der Waals surface area (Å²) in [6.45, 7) is 4.15. The molecule has 2 atom stereocenters. The number of hydrogen-bond acceptors (Lipinski definition) is 7. The smallest absolute Gasteiger partial charge is 0.462 e. The maximum absolute atomic E-state index is 12.8. The Balaban J connectivity index is 4.25. The van der Waals surface area contributed by atoms with E-state index < -0.39 is 26.5 Å². The van der Waals surface area contributed by atoms with E-state index in [4.69, 9.17) is 18.5 Å². The molecule has 1 N–H and O–H groups in total. The number of allylic oxidation sites excluding steroid dienone is 28. The van der Waals surface area contributed by atoms with E-state index in [1.165, 1.54) is 38.5 Å². The maximum atomic E-state index is 12.8. The summed E-state index contributed by atoms with van der Waals surface area (Å²) < 4.78 is 34.6. The van der Waals surface area contributed by atoms with Crippen molar-refractivity contribution in [3.05, 3.63) is 170 Å². The van der Waals surface area contributed by atoms with Crippen LogP contribution in [0.15, 0.2) is 170 Å². The first-order valence-corrected chi connectivity index (χ1v) is 33.4. The van der Waals surface area contributed by atoms with Gasteiger partial charge in [0.05, 0.1) is 27.7 Å². The second-order valence-electron chi connectivity index (χ2n) is 21.7. The van der Waals surface area contributed by atoms with Gasteiger partial charge in [-0.05, 0) is 128 Å². The Kier molecular flexibility index (Phi) is 57.5. The summed E-state index contributed by atoms with van der Waals surface area (Å²) in [5.41, 5.74) is 0. The zero-order chi connectivity index (χ0) is 59.8. The van der Waals surface area contributed by atoms with Gasteiger partial charge in [0, 0.05) is 12.8 Å². The van der Waals surface area contributed by atoms with Crippen molar-refractivity contribution in [2.45, 2.75) is 225 Å². The number of carbonyl (C=O) groups is 2.